The maximum Gasteiger partial charge on any atom is 0.137 e. The maximum absolute atomic E-state index is 6.57. The van der Waals surface area contributed by atoms with E-state index >= 15 is 0 Å². The largest absolute Gasteiger partial charge is 0.456 e. The van der Waals surface area contributed by atoms with Gasteiger partial charge in [0.1, 0.15) is 11.2 Å². The van der Waals surface area contributed by atoms with E-state index < -0.39 is 0 Å². The first kappa shape index (κ1) is 28.7. The first-order chi connectivity index (χ1) is 25.8. The van der Waals surface area contributed by atoms with E-state index in [-0.39, 0.29) is 0 Å². The molecule has 0 spiro atoms. The van der Waals surface area contributed by atoms with Gasteiger partial charge in [0.2, 0.25) is 0 Å². The molecule has 52 heavy (non-hydrogen) atoms. The normalized spacial score (nSPS) is 13.2. The van der Waals surface area contributed by atoms with Crippen LogP contribution in [0.5, 0.6) is 0 Å². The highest BCUT2D eigenvalue weighted by Gasteiger charge is 2.23. The number of hydrogen-bond acceptors (Lipinski definition) is 1. The predicted octanol–water partition coefficient (Wildman–Crippen LogP) is 13.0. The summed E-state index contributed by atoms with van der Waals surface area (Å²) in [5.74, 6) is 0. The minimum atomic E-state index is 0.861. The van der Waals surface area contributed by atoms with E-state index in [2.05, 4.69) is 185 Å². The van der Waals surface area contributed by atoms with E-state index in [1.54, 1.807) is 0 Å². The molecule has 11 rings (SSSR count). The summed E-state index contributed by atoms with van der Waals surface area (Å²) < 4.78 is 11.4. The smallest absolute Gasteiger partial charge is 0.137 e. The van der Waals surface area contributed by atoms with Gasteiger partial charge in [-0.25, -0.2) is 0 Å². The highest BCUT2D eigenvalue weighted by molar-refractivity contribution is 6.17. The number of para-hydroxylation sites is 4. The van der Waals surface area contributed by atoms with Gasteiger partial charge in [-0.1, -0.05) is 109 Å². The van der Waals surface area contributed by atoms with E-state index in [1.807, 2.05) is 12.1 Å². The van der Waals surface area contributed by atoms with Crippen molar-refractivity contribution in [3.05, 3.63) is 199 Å². The van der Waals surface area contributed by atoms with Crippen molar-refractivity contribution in [2.45, 2.75) is 0 Å². The van der Waals surface area contributed by atoms with Crippen LogP contribution in [0.15, 0.2) is 192 Å². The predicted molar refractivity (Wildman–Crippen MR) is 217 cm³/mol. The van der Waals surface area contributed by atoms with Gasteiger partial charge in [-0.05, 0) is 89.5 Å². The summed E-state index contributed by atoms with van der Waals surface area (Å²) in [6.45, 7) is 0. The zero-order valence-electron chi connectivity index (χ0n) is 28.1. The molecule has 0 atom stereocenters. The number of allylic oxidation sites excluding steroid dienone is 5. The van der Waals surface area contributed by atoms with Gasteiger partial charge in [0.25, 0.3) is 0 Å². The van der Waals surface area contributed by atoms with E-state index in [9.17, 15) is 0 Å². The van der Waals surface area contributed by atoms with Gasteiger partial charge in [0, 0.05) is 38.2 Å². The van der Waals surface area contributed by atoms with Gasteiger partial charge in [-0.3, -0.25) is 0 Å². The molecule has 3 nitrogen and oxygen atoms in total. The summed E-state index contributed by atoms with van der Waals surface area (Å²) >= 11 is 0. The Morgan fingerprint density at radius 2 is 1.08 bits per heavy atom. The van der Waals surface area contributed by atoms with Gasteiger partial charge >= 0.3 is 0 Å². The van der Waals surface area contributed by atoms with Crippen LogP contribution >= 0.6 is 0 Å². The third-order valence-electron chi connectivity index (χ3n) is 10.6. The molecule has 0 N–H and O–H groups in total. The van der Waals surface area contributed by atoms with E-state index in [4.69, 9.17) is 4.42 Å². The number of rotatable bonds is 4. The topological polar surface area (TPSA) is 23.0 Å². The molecular weight excluding hydrogens is 633 g/mol. The minimum Gasteiger partial charge on any atom is -0.456 e. The summed E-state index contributed by atoms with van der Waals surface area (Å²) in [5.41, 5.74) is 16.5. The summed E-state index contributed by atoms with van der Waals surface area (Å²) in [6, 6.07) is 56.4. The fourth-order valence-electron chi connectivity index (χ4n) is 8.30. The molecular formula is C49H30N2O. The van der Waals surface area contributed by atoms with Crippen LogP contribution in [0.2, 0.25) is 0 Å². The molecule has 0 fully saturated rings. The average molecular weight is 663 g/mol. The second kappa shape index (κ2) is 11.2. The van der Waals surface area contributed by atoms with Gasteiger partial charge in [0.05, 0.1) is 33.1 Å². The third-order valence-corrected chi connectivity index (χ3v) is 10.6. The Kier molecular flexibility index (Phi) is 6.21. The Morgan fingerprint density at radius 1 is 0.462 bits per heavy atom. The Bertz CT molecular complexity index is 3160. The number of hydrogen-bond donors (Lipinski definition) is 0. The van der Waals surface area contributed by atoms with Crippen LogP contribution < -0.4 is 0 Å². The molecule has 0 unspecified atom stereocenters. The Balaban J connectivity index is 1.27. The Hall–Kier alpha value is -7.06. The zero-order chi connectivity index (χ0) is 34.2. The van der Waals surface area contributed by atoms with Crippen LogP contribution in [0.3, 0.4) is 0 Å². The van der Waals surface area contributed by atoms with Crippen LogP contribution in [0.25, 0.3) is 88.1 Å². The molecule has 0 bridgehead atoms. The number of nitrogens with zero attached hydrogens (tertiary/aromatic N) is 2. The first-order valence-corrected chi connectivity index (χ1v) is 17.7. The monoisotopic (exact) mass is 662 g/mol. The molecule has 0 saturated carbocycles. The summed E-state index contributed by atoms with van der Waals surface area (Å²) in [7, 11) is 0. The molecule has 3 aromatic heterocycles. The van der Waals surface area contributed by atoms with Crippen molar-refractivity contribution < 1.29 is 4.42 Å². The molecule has 0 radical (unpaired) electrons. The van der Waals surface area contributed by atoms with Crippen molar-refractivity contribution in [2.24, 2.45) is 0 Å². The fourth-order valence-corrected chi connectivity index (χ4v) is 8.30. The molecule has 1 aliphatic carbocycles. The SMILES string of the molecule is C1=CC=C(c2ccc3oc4ccccc4c3c2-n2c3ccccc3c3ccc(-n4c5ccccc5c5ccccc54)cc32)C=C(c2ccccc2)C=1. The molecule has 1 aliphatic rings. The van der Waals surface area contributed by atoms with E-state index in [1.165, 1.54) is 32.6 Å². The average Bonchev–Trinajstić information content (AvgIpc) is 3.78. The van der Waals surface area contributed by atoms with E-state index in [0.29, 0.717) is 0 Å². The van der Waals surface area contributed by atoms with Crippen molar-refractivity contribution in [2.75, 3.05) is 0 Å². The number of aromatic nitrogens is 2. The van der Waals surface area contributed by atoms with Crippen molar-refractivity contribution >= 4 is 76.7 Å². The lowest BCUT2D eigenvalue weighted by Crippen LogP contribution is -2.01. The molecule has 0 aliphatic heterocycles. The van der Waals surface area contributed by atoms with Crippen LogP contribution in [-0.2, 0) is 0 Å². The quantitative estimate of drug-likeness (QED) is 0.172. The maximum atomic E-state index is 6.57. The lowest BCUT2D eigenvalue weighted by molar-refractivity contribution is 0.669. The summed E-state index contributed by atoms with van der Waals surface area (Å²) in [5, 5.41) is 7.09. The zero-order valence-corrected chi connectivity index (χ0v) is 28.1. The first-order valence-electron chi connectivity index (χ1n) is 17.7. The summed E-state index contributed by atoms with van der Waals surface area (Å²) in [6.07, 6.45) is 8.56. The standard InChI is InChI=1S/C49H30N2O/c1-2-14-32(15-3-1)33-16-4-5-17-34(30-33)36-28-29-47-48(41-21-9-13-25-46(41)52-47)49(36)51-44-24-12-8-20-39(44)40-27-26-35(31-45(40)51)50-42-22-10-6-18-37(42)38-19-7-11-23-43(38)50/h1-3,5-31H. The number of fused-ring (bicyclic) bond motifs is 9. The highest BCUT2D eigenvalue weighted by atomic mass is 16.3. The van der Waals surface area contributed by atoms with Gasteiger partial charge in [0.15, 0.2) is 0 Å². The molecule has 10 aromatic rings. The van der Waals surface area contributed by atoms with Crippen molar-refractivity contribution in [3.63, 3.8) is 0 Å². The van der Waals surface area contributed by atoms with Crippen molar-refractivity contribution in [1.29, 1.82) is 0 Å². The number of benzene rings is 7. The lowest BCUT2D eigenvalue weighted by atomic mass is 9.95. The highest BCUT2D eigenvalue weighted by Crippen LogP contribution is 2.44. The van der Waals surface area contributed by atoms with Crippen molar-refractivity contribution in [3.8, 4) is 11.4 Å². The number of furan rings is 1. The second-order valence-electron chi connectivity index (χ2n) is 13.4. The van der Waals surface area contributed by atoms with Gasteiger partial charge in [-0.2, -0.15) is 0 Å². The molecule has 7 aromatic carbocycles. The summed E-state index contributed by atoms with van der Waals surface area (Å²) in [4.78, 5) is 0. The molecule has 0 amide bonds. The van der Waals surface area contributed by atoms with Crippen LogP contribution in [0, 0.1) is 0 Å². The fraction of sp³-hybridized carbons (Fsp3) is 0. The molecule has 3 heteroatoms. The second-order valence-corrected chi connectivity index (χ2v) is 13.4. The minimum absolute atomic E-state index is 0.861. The Morgan fingerprint density at radius 3 is 1.81 bits per heavy atom. The van der Waals surface area contributed by atoms with E-state index in [0.717, 1.165) is 66.6 Å². The van der Waals surface area contributed by atoms with Crippen LogP contribution in [0.4, 0.5) is 0 Å². The third kappa shape index (κ3) is 4.21. The van der Waals surface area contributed by atoms with Crippen LogP contribution in [0.1, 0.15) is 11.1 Å². The van der Waals surface area contributed by atoms with Gasteiger partial charge in [-0.15, -0.1) is 5.73 Å². The van der Waals surface area contributed by atoms with Crippen molar-refractivity contribution in [1.82, 2.24) is 9.13 Å². The Labute approximate surface area is 299 Å². The molecule has 0 saturated heterocycles. The van der Waals surface area contributed by atoms with Crippen LogP contribution in [-0.4, -0.2) is 9.13 Å². The molecule has 242 valence electrons. The molecule has 3 heterocycles. The van der Waals surface area contributed by atoms with Gasteiger partial charge < -0.3 is 13.6 Å². The lowest BCUT2D eigenvalue weighted by Gasteiger charge is -2.17.